The van der Waals surface area contributed by atoms with E-state index in [2.05, 4.69) is 113 Å². The van der Waals surface area contributed by atoms with Gasteiger partial charge in [-0.2, -0.15) is 0 Å². The second kappa shape index (κ2) is 12.1. The lowest BCUT2D eigenvalue weighted by Crippen LogP contribution is -2.66. The zero-order chi connectivity index (χ0) is 31.5. The first-order valence-corrected chi connectivity index (χ1v) is 16.9. The van der Waals surface area contributed by atoms with Crippen molar-refractivity contribution in [1.82, 2.24) is 30.2 Å². The molecule has 8 heteroatoms. The second-order valence-corrected chi connectivity index (χ2v) is 18.4. The summed E-state index contributed by atoms with van der Waals surface area (Å²) in [7, 11) is 0. The molecule has 4 aliphatic heterocycles. The molecule has 0 spiro atoms. The molecule has 0 radical (unpaired) electrons. The zero-order valence-corrected chi connectivity index (χ0v) is 29.3. The number of likely N-dealkylation sites (tertiary alicyclic amines) is 2. The SMILES string of the molecule is CC(C)(C)[C@@H]1CC(F)(CN2CCNC(C3CN(CC4[C@H](F)C[C@@H](C(C)(C)C)N4C(C)(C)C)CCN3)C2)CN1C(C)(C)C. The summed E-state index contributed by atoms with van der Waals surface area (Å²) in [5.74, 6) is 0. The van der Waals surface area contributed by atoms with Gasteiger partial charge in [0.05, 0.1) is 6.04 Å². The predicted molar refractivity (Wildman–Crippen MR) is 173 cm³/mol. The largest absolute Gasteiger partial charge is 0.310 e. The number of rotatable bonds is 5. The molecule has 0 aromatic heterocycles. The summed E-state index contributed by atoms with van der Waals surface area (Å²) in [6.45, 7) is 34.1. The number of alkyl halides is 2. The van der Waals surface area contributed by atoms with E-state index in [1.807, 2.05) is 0 Å². The van der Waals surface area contributed by atoms with Gasteiger partial charge in [-0.15, -0.1) is 0 Å². The van der Waals surface area contributed by atoms with Crippen LogP contribution in [0.2, 0.25) is 0 Å². The van der Waals surface area contributed by atoms with Crippen molar-refractivity contribution in [1.29, 1.82) is 0 Å². The van der Waals surface area contributed by atoms with Crippen LogP contribution in [0.5, 0.6) is 0 Å². The standard InChI is InChI=1S/C34H66F2N6/c1-30(2,3)28-17-24(35)27(42(28)33(10,11)12)21-39-15-13-37-25(19-39)26-20-40(16-14-38-26)22-34(36)18-29(31(4,5)6)41(23-34)32(7,8)9/h24-29,37-38H,13-23H2,1-12H3/t24-,25?,26?,27?,28+,29+,34?/m1/s1. The molecule has 246 valence electrons. The Morgan fingerprint density at radius 2 is 1.26 bits per heavy atom. The van der Waals surface area contributed by atoms with Crippen molar-refractivity contribution in [2.45, 2.75) is 149 Å². The molecule has 0 amide bonds. The third-order valence-corrected chi connectivity index (χ3v) is 10.6. The molecule has 7 atom stereocenters. The second-order valence-electron chi connectivity index (χ2n) is 18.4. The van der Waals surface area contributed by atoms with Crippen LogP contribution >= 0.6 is 0 Å². The van der Waals surface area contributed by atoms with E-state index in [9.17, 15) is 0 Å². The van der Waals surface area contributed by atoms with Gasteiger partial charge < -0.3 is 10.6 Å². The monoisotopic (exact) mass is 597 g/mol. The summed E-state index contributed by atoms with van der Waals surface area (Å²) in [5, 5.41) is 7.52. The molecular weight excluding hydrogens is 530 g/mol. The van der Waals surface area contributed by atoms with Crippen LogP contribution in [0.15, 0.2) is 0 Å². The third kappa shape index (κ3) is 7.88. The lowest BCUT2D eigenvalue weighted by Gasteiger charge is -2.48. The highest BCUT2D eigenvalue weighted by Crippen LogP contribution is 2.44. The molecule has 0 bridgehead atoms. The fourth-order valence-corrected chi connectivity index (χ4v) is 8.55. The van der Waals surface area contributed by atoms with E-state index < -0.39 is 11.8 Å². The average molecular weight is 597 g/mol. The Balaban J connectivity index is 1.39. The van der Waals surface area contributed by atoms with Crippen molar-refractivity contribution in [3.8, 4) is 0 Å². The van der Waals surface area contributed by atoms with Gasteiger partial charge in [-0.3, -0.25) is 19.6 Å². The van der Waals surface area contributed by atoms with Gasteiger partial charge in [-0.1, -0.05) is 41.5 Å². The Morgan fingerprint density at radius 1 is 0.738 bits per heavy atom. The van der Waals surface area contributed by atoms with Crippen LogP contribution in [0.25, 0.3) is 0 Å². The number of hydrogen-bond donors (Lipinski definition) is 2. The Bertz CT molecular complexity index is 878. The first-order chi connectivity index (χ1) is 19.1. The van der Waals surface area contributed by atoms with E-state index in [0.717, 1.165) is 45.8 Å². The minimum atomic E-state index is -1.20. The van der Waals surface area contributed by atoms with Crippen LogP contribution in [0.4, 0.5) is 8.78 Å². The van der Waals surface area contributed by atoms with Crippen LogP contribution in [0, 0.1) is 10.8 Å². The summed E-state index contributed by atoms with van der Waals surface area (Å²) in [5.41, 5.74) is -1.26. The van der Waals surface area contributed by atoms with Gasteiger partial charge in [0.15, 0.2) is 0 Å². The van der Waals surface area contributed by atoms with Crippen LogP contribution in [-0.4, -0.2) is 132 Å². The molecule has 4 saturated heterocycles. The number of halogens is 2. The topological polar surface area (TPSA) is 37.0 Å². The summed E-state index contributed by atoms with van der Waals surface area (Å²) < 4.78 is 32.3. The van der Waals surface area contributed by atoms with Crippen LogP contribution in [0.3, 0.4) is 0 Å². The minimum Gasteiger partial charge on any atom is -0.310 e. The fourth-order valence-electron chi connectivity index (χ4n) is 8.55. The number of piperazine rings is 2. The predicted octanol–water partition coefficient (Wildman–Crippen LogP) is 4.79. The average Bonchev–Trinajstić information content (AvgIpc) is 3.37. The summed E-state index contributed by atoms with van der Waals surface area (Å²) in [6.07, 6.45) is 0.416. The Kier molecular flexibility index (Phi) is 9.93. The maximum absolute atomic E-state index is 16.6. The maximum Gasteiger partial charge on any atom is 0.137 e. The summed E-state index contributed by atoms with van der Waals surface area (Å²) in [4.78, 5) is 9.77. The molecule has 6 nitrogen and oxygen atoms in total. The summed E-state index contributed by atoms with van der Waals surface area (Å²) in [6, 6.07) is 0.916. The van der Waals surface area contributed by atoms with Crippen molar-refractivity contribution >= 4 is 0 Å². The van der Waals surface area contributed by atoms with Crippen LogP contribution in [0.1, 0.15) is 95.9 Å². The molecule has 0 saturated carbocycles. The molecule has 0 aromatic rings. The molecule has 4 unspecified atom stereocenters. The number of nitrogens with zero attached hydrogens (tertiary/aromatic N) is 4. The molecule has 0 aliphatic carbocycles. The molecular formula is C34H66F2N6. The normalized spacial score (nSPS) is 37.6. The highest BCUT2D eigenvalue weighted by atomic mass is 19.1. The smallest absolute Gasteiger partial charge is 0.137 e. The van der Waals surface area contributed by atoms with Crippen molar-refractivity contribution in [3.05, 3.63) is 0 Å². The zero-order valence-electron chi connectivity index (χ0n) is 29.3. The van der Waals surface area contributed by atoms with Gasteiger partial charge in [0.2, 0.25) is 0 Å². The van der Waals surface area contributed by atoms with Crippen molar-refractivity contribution in [2.24, 2.45) is 10.8 Å². The van der Waals surface area contributed by atoms with Gasteiger partial charge in [0, 0.05) is 94.1 Å². The van der Waals surface area contributed by atoms with Crippen molar-refractivity contribution in [2.75, 3.05) is 58.9 Å². The Morgan fingerprint density at radius 3 is 1.74 bits per heavy atom. The summed E-state index contributed by atoms with van der Waals surface area (Å²) >= 11 is 0. The van der Waals surface area contributed by atoms with E-state index in [-0.39, 0.29) is 52.1 Å². The first kappa shape index (κ1) is 34.5. The van der Waals surface area contributed by atoms with Gasteiger partial charge >= 0.3 is 0 Å². The molecule has 4 aliphatic rings. The van der Waals surface area contributed by atoms with Gasteiger partial charge in [0.1, 0.15) is 11.8 Å². The number of nitrogens with one attached hydrogen (secondary N) is 2. The Hall–Kier alpha value is -0.380. The van der Waals surface area contributed by atoms with Gasteiger partial charge in [-0.05, 0) is 65.2 Å². The molecule has 0 aromatic carbocycles. The molecule has 2 N–H and O–H groups in total. The van der Waals surface area contributed by atoms with Gasteiger partial charge in [0.25, 0.3) is 0 Å². The van der Waals surface area contributed by atoms with Crippen LogP contribution in [-0.2, 0) is 0 Å². The molecule has 4 heterocycles. The quantitative estimate of drug-likeness (QED) is 0.476. The molecule has 42 heavy (non-hydrogen) atoms. The van der Waals surface area contributed by atoms with E-state index in [4.69, 9.17) is 0 Å². The van der Waals surface area contributed by atoms with E-state index in [1.54, 1.807) is 0 Å². The van der Waals surface area contributed by atoms with Crippen molar-refractivity contribution < 1.29 is 8.78 Å². The third-order valence-electron chi connectivity index (χ3n) is 10.6. The van der Waals surface area contributed by atoms with E-state index in [0.29, 0.717) is 25.9 Å². The lowest BCUT2D eigenvalue weighted by molar-refractivity contribution is 0.000810. The maximum atomic E-state index is 16.6. The molecule has 4 fully saturated rings. The van der Waals surface area contributed by atoms with E-state index >= 15 is 8.78 Å². The molecule has 4 rings (SSSR count). The lowest BCUT2D eigenvalue weighted by atomic mass is 9.82. The minimum absolute atomic E-state index is 0.0377. The first-order valence-electron chi connectivity index (χ1n) is 16.9. The van der Waals surface area contributed by atoms with Crippen molar-refractivity contribution in [3.63, 3.8) is 0 Å². The Labute approximate surface area is 257 Å². The number of hydrogen-bond acceptors (Lipinski definition) is 6. The van der Waals surface area contributed by atoms with Gasteiger partial charge in [-0.25, -0.2) is 8.78 Å². The van der Waals surface area contributed by atoms with E-state index in [1.165, 1.54) is 0 Å². The highest BCUT2D eigenvalue weighted by molar-refractivity contribution is 5.08. The highest BCUT2D eigenvalue weighted by Gasteiger charge is 2.53. The fraction of sp³-hybridized carbons (Fsp3) is 1.00. The van der Waals surface area contributed by atoms with Crippen LogP contribution < -0.4 is 10.6 Å².